The average molecular weight is 407 g/mol. The van der Waals surface area contributed by atoms with Crippen LogP contribution in [0.25, 0.3) is 10.9 Å². The standard InChI is InChI=1S/C18H14N4OS.2ClH/c19-9-13-3-4-17-14(8-13)5-7-21(17)18(23)15-11-22(24-12-15)16-2-1-6-20-10-16;;/h1-8,10,15H,11-12H2;2*1H. The van der Waals surface area contributed by atoms with E-state index in [2.05, 4.69) is 15.4 Å². The number of hydrogen-bond donors (Lipinski definition) is 0. The molecular weight excluding hydrogens is 391 g/mol. The first-order chi connectivity index (χ1) is 11.8. The molecule has 5 nitrogen and oxygen atoms in total. The average Bonchev–Trinajstić information content (AvgIpc) is 3.28. The largest absolute Gasteiger partial charge is 0.314 e. The van der Waals surface area contributed by atoms with Crippen LogP contribution >= 0.6 is 36.8 Å². The van der Waals surface area contributed by atoms with Gasteiger partial charge < -0.3 is 4.31 Å². The first kappa shape index (κ1) is 20.1. The predicted octanol–water partition coefficient (Wildman–Crippen LogP) is 4.18. The summed E-state index contributed by atoms with van der Waals surface area (Å²) in [5.74, 6) is 0.777. The Hall–Kier alpha value is -2.20. The van der Waals surface area contributed by atoms with Crippen molar-refractivity contribution in [1.29, 1.82) is 5.26 Å². The number of halogens is 2. The maximum Gasteiger partial charge on any atom is 0.236 e. The van der Waals surface area contributed by atoms with Gasteiger partial charge in [-0.05, 0) is 48.3 Å². The molecular formula is C18H16Cl2N4OS. The summed E-state index contributed by atoms with van der Waals surface area (Å²) in [6.45, 7) is 0.672. The second kappa shape index (κ2) is 8.45. The van der Waals surface area contributed by atoms with E-state index in [1.807, 2.05) is 36.5 Å². The fourth-order valence-electron chi connectivity index (χ4n) is 2.92. The van der Waals surface area contributed by atoms with Gasteiger partial charge in [0.25, 0.3) is 0 Å². The zero-order valence-corrected chi connectivity index (χ0v) is 16.1. The number of nitrogens with zero attached hydrogens (tertiary/aromatic N) is 4. The van der Waals surface area contributed by atoms with Crippen molar-refractivity contribution in [2.24, 2.45) is 5.92 Å². The lowest BCUT2D eigenvalue weighted by Crippen LogP contribution is -2.26. The quantitative estimate of drug-likeness (QED) is 0.597. The van der Waals surface area contributed by atoms with Gasteiger partial charge in [0, 0.05) is 30.1 Å². The smallest absolute Gasteiger partial charge is 0.236 e. The summed E-state index contributed by atoms with van der Waals surface area (Å²) in [5, 5.41) is 9.90. The zero-order valence-electron chi connectivity index (χ0n) is 13.6. The van der Waals surface area contributed by atoms with Crippen LogP contribution in [0.3, 0.4) is 0 Å². The topological polar surface area (TPSA) is 61.9 Å². The second-order valence-electron chi connectivity index (χ2n) is 5.67. The number of fused-ring (bicyclic) bond motifs is 1. The van der Waals surface area contributed by atoms with Crippen molar-refractivity contribution in [1.82, 2.24) is 9.55 Å². The Morgan fingerprint density at radius 2 is 2.12 bits per heavy atom. The minimum Gasteiger partial charge on any atom is -0.314 e. The fraction of sp³-hybridized carbons (Fsp3) is 0.167. The van der Waals surface area contributed by atoms with Gasteiger partial charge in [-0.15, -0.1) is 24.8 Å². The number of nitriles is 1. The molecule has 1 aromatic carbocycles. The highest BCUT2D eigenvalue weighted by Gasteiger charge is 2.31. The Balaban J connectivity index is 0.00000121. The van der Waals surface area contributed by atoms with Gasteiger partial charge in [-0.2, -0.15) is 5.26 Å². The van der Waals surface area contributed by atoms with E-state index in [-0.39, 0.29) is 36.6 Å². The molecule has 8 heteroatoms. The van der Waals surface area contributed by atoms with Crippen LogP contribution in [0.4, 0.5) is 5.69 Å². The van der Waals surface area contributed by atoms with E-state index in [4.69, 9.17) is 5.26 Å². The van der Waals surface area contributed by atoms with E-state index < -0.39 is 0 Å². The van der Waals surface area contributed by atoms with Gasteiger partial charge in [0.05, 0.1) is 35.0 Å². The first-order valence-electron chi connectivity index (χ1n) is 7.62. The third kappa shape index (κ3) is 3.65. The van der Waals surface area contributed by atoms with Crippen molar-refractivity contribution >= 4 is 59.3 Å². The fourth-order valence-corrected chi connectivity index (χ4v) is 4.07. The summed E-state index contributed by atoms with van der Waals surface area (Å²) in [6.07, 6.45) is 5.36. The molecule has 0 bridgehead atoms. The van der Waals surface area contributed by atoms with Gasteiger partial charge in [0.1, 0.15) is 0 Å². The highest BCUT2D eigenvalue weighted by molar-refractivity contribution is 8.00. The number of benzene rings is 1. The van der Waals surface area contributed by atoms with E-state index in [0.717, 1.165) is 22.3 Å². The van der Waals surface area contributed by atoms with Crippen LogP contribution in [0, 0.1) is 17.2 Å². The molecule has 3 heterocycles. The van der Waals surface area contributed by atoms with E-state index in [1.54, 1.807) is 35.0 Å². The minimum absolute atomic E-state index is 0. The number of carbonyl (C=O) groups excluding carboxylic acids is 1. The molecule has 3 aromatic rings. The predicted molar refractivity (Wildman–Crippen MR) is 109 cm³/mol. The molecule has 1 unspecified atom stereocenters. The maximum absolute atomic E-state index is 12.9. The molecule has 26 heavy (non-hydrogen) atoms. The van der Waals surface area contributed by atoms with E-state index in [1.165, 1.54) is 0 Å². The molecule has 0 N–H and O–H groups in total. The lowest BCUT2D eigenvalue weighted by molar-refractivity contribution is 0.0862. The Morgan fingerprint density at radius 1 is 1.27 bits per heavy atom. The maximum atomic E-state index is 12.9. The van der Waals surface area contributed by atoms with Crippen molar-refractivity contribution in [2.75, 3.05) is 16.6 Å². The van der Waals surface area contributed by atoms with E-state index in [9.17, 15) is 4.79 Å². The lowest BCUT2D eigenvalue weighted by atomic mass is 10.1. The molecule has 134 valence electrons. The van der Waals surface area contributed by atoms with Crippen molar-refractivity contribution in [3.05, 3.63) is 60.6 Å². The lowest BCUT2D eigenvalue weighted by Gasteiger charge is -2.16. The second-order valence-corrected chi connectivity index (χ2v) is 6.71. The third-order valence-corrected chi connectivity index (χ3v) is 5.38. The van der Waals surface area contributed by atoms with Crippen LogP contribution in [-0.4, -0.2) is 27.8 Å². The van der Waals surface area contributed by atoms with Crippen LogP contribution in [0.15, 0.2) is 55.0 Å². The molecule has 0 radical (unpaired) electrons. The van der Waals surface area contributed by atoms with Crippen LogP contribution in [0.2, 0.25) is 0 Å². The van der Waals surface area contributed by atoms with Crippen LogP contribution in [-0.2, 0) is 0 Å². The zero-order chi connectivity index (χ0) is 16.5. The van der Waals surface area contributed by atoms with Crippen molar-refractivity contribution in [3.63, 3.8) is 0 Å². The summed E-state index contributed by atoms with van der Waals surface area (Å²) < 4.78 is 3.82. The molecule has 4 rings (SSSR count). The van der Waals surface area contributed by atoms with Gasteiger partial charge in [-0.25, -0.2) is 0 Å². The monoisotopic (exact) mass is 406 g/mol. The number of aromatic nitrogens is 2. The number of anilines is 1. The first-order valence-corrected chi connectivity index (χ1v) is 8.56. The molecule has 0 aliphatic carbocycles. The summed E-state index contributed by atoms with van der Waals surface area (Å²) in [5.41, 5.74) is 2.48. The van der Waals surface area contributed by atoms with Gasteiger partial charge in [-0.1, -0.05) is 0 Å². The molecule has 2 aromatic heterocycles. The minimum atomic E-state index is -0.0681. The van der Waals surface area contributed by atoms with Crippen LogP contribution in [0.5, 0.6) is 0 Å². The Kier molecular flexibility index (Phi) is 6.54. The van der Waals surface area contributed by atoms with E-state index >= 15 is 0 Å². The molecule has 0 amide bonds. The molecule has 1 fully saturated rings. The van der Waals surface area contributed by atoms with Crippen molar-refractivity contribution in [3.8, 4) is 6.07 Å². The SMILES string of the molecule is Cl.Cl.N#Cc1ccc2c(ccn2C(=O)C2CSN(c3cccnc3)C2)c1. The molecule has 1 aliphatic rings. The highest BCUT2D eigenvalue weighted by atomic mass is 35.5. The normalized spacial score (nSPS) is 15.8. The summed E-state index contributed by atoms with van der Waals surface area (Å²) in [7, 11) is 0. The van der Waals surface area contributed by atoms with Gasteiger partial charge in [0.2, 0.25) is 5.91 Å². The molecule has 1 aliphatic heterocycles. The summed E-state index contributed by atoms with van der Waals surface area (Å²) in [4.78, 5) is 17.0. The highest BCUT2D eigenvalue weighted by Crippen LogP contribution is 2.32. The van der Waals surface area contributed by atoms with Crippen molar-refractivity contribution < 1.29 is 4.79 Å². The summed E-state index contributed by atoms with van der Waals surface area (Å²) >= 11 is 1.66. The molecule has 1 atom stereocenters. The van der Waals surface area contributed by atoms with Gasteiger partial charge in [0.15, 0.2) is 0 Å². The molecule has 1 saturated heterocycles. The van der Waals surface area contributed by atoms with E-state index in [0.29, 0.717) is 12.1 Å². The Labute approximate surface area is 168 Å². The van der Waals surface area contributed by atoms with Crippen LogP contribution < -0.4 is 4.31 Å². The third-order valence-electron chi connectivity index (χ3n) is 4.16. The van der Waals surface area contributed by atoms with Crippen LogP contribution in [0.1, 0.15) is 10.4 Å². The number of carbonyl (C=O) groups is 1. The van der Waals surface area contributed by atoms with Crippen molar-refractivity contribution in [2.45, 2.75) is 0 Å². The number of hydrogen-bond acceptors (Lipinski definition) is 5. The molecule has 0 spiro atoms. The van der Waals surface area contributed by atoms with Gasteiger partial charge >= 0.3 is 0 Å². The number of rotatable bonds is 2. The summed E-state index contributed by atoms with van der Waals surface area (Å²) in [6, 6.07) is 13.3. The molecule has 0 saturated carbocycles. The van der Waals surface area contributed by atoms with Gasteiger partial charge in [-0.3, -0.25) is 14.3 Å². The number of pyridine rings is 1. The Bertz CT molecular complexity index is 955. The Morgan fingerprint density at radius 3 is 2.85 bits per heavy atom.